The second-order valence-electron chi connectivity index (χ2n) is 0.676. The summed E-state index contributed by atoms with van der Waals surface area (Å²) < 4.78 is 0. The molecule has 0 heterocycles. The smallest absolute Gasteiger partial charge is 0.262 e. The second-order valence-corrected chi connectivity index (χ2v) is 5.22. The molecule has 0 spiro atoms. The fourth-order valence-electron chi connectivity index (χ4n) is 0.0651. The van der Waals surface area contributed by atoms with Crippen LogP contribution in [0.25, 0.3) is 0 Å². The molecule has 0 bridgehead atoms. The maximum atomic E-state index is 7.92. The third-order valence-electron chi connectivity index (χ3n) is 0.232. The molecule has 0 radical (unpaired) electrons. The summed E-state index contributed by atoms with van der Waals surface area (Å²) in [5.74, 6) is 0. The highest BCUT2D eigenvalue weighted by molar-refractivity contribution is 7.36. The van der Waals surface area contributed by atoms with Gasteiger partial charge in [0, 0.05) is 0 Å². The molecule has 0 aromatic carbocycles. The van der Waals surface area contributed by atoms with E-state index < -0.39 is 7.42 Å². The fraction of sp³-hybridized carbons (Fsp3) is 0. The van der Waals surface area contributed by atoms with Gasteiger partial charge in [0.2, 0.25) is 0 Å². The molecule has 0 aliphatic carbocycles. The lowest BCUT2D eigenvalue weighted by Crippen LogP contribution is -1.81. The van der Waals surface area contributed by atoms with Gasteiger partial charge in [0.25, 0.3) is 7.42 Å². The molecule has 0 saturated heterocycles. The topological polar surface area (TPSA) is 20.2 Å². The second kappa shape index (κ2) is 3.52. The van der Waals surface area contributed by atoms with Crippen LogP contribution in [0.5, 0.6) is 0 Å². The molecule has 1 nitrogen and oxygen atoms in total. The van der Waals surface area contributed by atoms with E-state index in [2.05, 4.69) is 0 Å². The number of rotatable bonds is 1. The zero-order chi connectivity index (χ0) is 4.99. The Morgan fingerprint density at radius 1 is 1.50 bits per heavy atom. The first-order valence-corrected chi connectivity index (χ1v) is 5.52. The Morgan fingerprint density at radius 3 is 2.00 bits per heavy atom. The molecular weight excluding hydrogens is 139 g/mol. The van der Waals surface area contributed by atoms with Crippen molar-refractivity contribution in [2.45, 2.75) is 0 Å². The molecule has 0 rings (SSSR count). The van der Waals surface area contributed by atoms with Gasteiger partial charge in [-0.25, -0.2) is 0 Å². The monoisotopic (exact) mass is 142 g/mol. The van der Waals surface area contributed by atoms with E-state index >= 15 is 0 Å². The highest BCUT2D eigenvalue weighted by atomic mass is 35.7. The number of hydrogen-bond acceptors (Lipinski definition) is 1. The third-order valence-corrected chi connectivity index (χ3v) is 1.57. The molecule has 36 valence electrons. The normalized spacial score (nSPS) is 11.2. The van der Waals surface area contributed by atoms with Crippen LogP contribution in [0.3, 0.4) is 0 Å². The van der Waals surface area contributed by atoms with E-state index in [1.54, 1.807) is 0 Å². The first-order chi connectivity index (χ1) is 2.77. The molecule has 0 amide bonds. The minimum absolute atomic E-state index is 0.872. The van der Waals surface area contributed by atoms with E-state index in [1.165, 1.54) is 5.70 Å². The van der Waals surface area contributed by atoms with Gasteiger partial charge in [-0.2, -0.15) is 0 Å². The van der Waals surface area contributed by atoms with Gasteiger partial charge in [-0.3, -0.25) is 0 Å². The summed E-state index contributed by atoms with van der Waals surface area (Å²) in [5.41, 5.74) is 1.39. The quantitative estimate of drug-likeness (QED) is 0.333. The van der Waals surface area contributed by atoms with E-state index in [-0.39, 0.29) is 0 Å². The van der Waals surface area contributed by atoms with Crippen molar-refractivity contribution in [3.8, 4) is 0 Å². The lowest BCUT2D eigenvalue weighted by Gasteiger charge is -1.77. The summed E-state index contributed by atoms with van der Waals surface area (Å²) in [6.45, 7) is 0. The van der Waals surface area contributed by atoms with Crippen LogP contribution in [0, 0.1) is 0 Å². The van der Waals surface area contributed by atoms with Crippen molar-refractivity contribution < 1.29 is 5.11 Å². The van der Waals surface area contributed by atoms with Crippen LogP contribution in [-0.2, 0) is 0 Å². The Kier molecular flexibility index (Phi) is 3.72. The number of aliphatic hydroxyl groups is 1. The third kappa shape index (κ3) is 4.34. The summed E-state index contributed by atoms with van der Waals surface area (Å²) in [7, 11) is -1.66. The predicted octanol–water partition coefficient (Wildman–Crippen LogP) is 1.30. The van der Waals surface area contributed by atoms with Crippen molar-refractivity contribution >= 4 is 29.6 Å². The average Bonchev–Trinajstić information content (AvgIpc) is 1.35. The lowest BCUT2D eigenvalue weighted by atomic mass is 11.2. The fourth-order valence-corrected chi connectivity index (χ4v) is 0.586. The van der Waals surface area contributed by atoms with Gasteiger partial charge in [0.05, 0.1) is 6.26 Å². The van der Waals surface area contributed by atoms with Crippen LogP contribution in [0.15, 0.2) is 12.0 Å². The van der Waals surface area contributed by atoms with Gasteiger partial charge in [-0.1, -0.05) is 0 Å². The summed E-state index contributed by atoms with van der Waals surface area (Å²) in [4.78, 5) is 0. The zero-order valence-corrected chi connectivity index (χ0v) is 5.60. The van der Waals surface area contributed by atoms with Gasteiger partial charge in [0.1, 0.15) is 0 Å². The molecule has 0 fully saturated rings. The SMILES string of the molecule is OC=C[SiH](Cl)Cl. The summed E-state index contributed by atoms with van der Waals surface area (Å²) in [5, 5.41) is 7.92. The number of aliphatic hydroxyl groups excluding tert-OH is 1. The average molecular weight is 143 g/mol. The minimum atomic E-state index is -1.66. The molecule has 0 unspecified atom stereocenters. The molecule has 0 aromatic heterocycles. The Hall–Kier alpha value is 0.337. The van der Waals surface area contributed by atoms with Crippen molar-refractivity contribution in [2.75, 3.05) is 0 Å². The van der Waals surface area contributed by atoms with Crippen molar-refractivity contribution in [2.24, 2.45) is 0 Å². The van der Waals surface area contributed by atoms with Crippen molar-refractivity contribution in [1.82, 2.24) is 0 Å². The highest BCUT2D eigenvalue weighted by Gasteiger charge is 1.89. The predicted molar refractivity (Wildman–Crippen MR) is 30.6 cm³/mol. The lowest BCUT2D eigenvalue weighted by molar-refractivity contribution is 0.475. The summed E-state index contributed by atoms with van der Waals surface area (Å²) in [6, 6.07) is 0. The Balaban J connectivity index is 3.03. The van der Waals surface area contributed by atoms with Crippen LogP contribution in [0.2, 0.25) is 0 Å². The minimum Gasteiger partial charge on any atom is -0.516 e. The highest BCUT2D eigenvalue weighted by Crippen LogP contribution is 1.94. The van der Waals surface area contributed by atoms with Crippen LogP contribution in [-0.4, -0.2) is 12.5 Å². The van der Waals surface area contributed by atoms with Gasteiger partial charge >= 0.3 is 0 Å². The van der Waals surface area contributed by atoms with Crippen molar-refractivity contribution in [1.29, 1.82) is 0 Å². The molecule has 0 aliphatic rings. The maximum absolute atomic E-state index is 7.92. The molecule has 4 heteroatoms. The van der Waals surface area contributed by atoms with Crippen LogP contribution >= 0.6 is 22.2 Å². The first-order valence-electron chi connectivity index (χ1n) is 1.36. The maximum Gasteiger partial charge on any atom is 0.262 e. The molecule has 6 heavy (non-hydrogen) atoms. The van der Waals surface area contributed by atoms with E-state index in [0.717, 1.165) is 6.26 Å². The molecule has 0 atom stereocenters. The molecule has 0 aromatic rings. The largest absolute Gasteiger partial charge is 0.516 e. The van der Waals surface area contributed by atoms with Crippen LogP contribution < -0.4 is 0 Å². The van der Waals surface area contributed by atoms with E-state index in [4.69, 9.17) is 27.3 Å². The molecule has 0 saturated carbocycles. The molecule has 0 aliphatic heterocycles. The Labute approximate surface area is 47.2 Å². The molecular formula is C2H4Cl2OSi. The zero-order valence-electron chi connectivity index (χ0n) is 2.94. The number of hydrogen-bond donors (Lipinski definition) is 1. The Morgan fingerprint density at radius 2 is 2.00 bits per heavy atom. The summed E-state index contributed by atoms with van der Waals surface area (Å²) >= 11 is 10.5. The van der Waals surface area contributed by atoms with Crippen molar-refractivity contribution in [3.05, 3.63) is 12.0 Å². The van der Waals surface area contributed by atoms with E-state index in [9.17, 15) is 0 Å². The Bertz CT molecular complexity index is 53.5. The molecule has 1 N–H and O–H groups in total. The van der Waals surface area contributed by atoms with Gasteiger partial charge < -0.3 is 5.11 Å². The standard InChI is InChI=1S/C2H4Cl2OSi/c3-6(4)2-1-5/h1-2,5-6H. The number of halogens is 2. The van der Waals surface area contributed by atoms with E-state index in [0.29, 0.717) is 0 Å². The van der Waals surface area contributed by atoms with Gasteiger partial charge in [-0.05, 0) is 5.70 Å². The summed E-state index contributed by atoms with van der Waals surface area (Å²) in [6.07, 6.45) is 0.872. The van der Waals surface area contributed by atoms with Gasteiger partial charge in [0.15, 0.2) is 0 Å². The first kappa shape index (κ1) is 6.34. The van der Waals surface area contributed by atoms with Gasteiger partial charge in [-0.15, -0.1) is 22.2 Å². The van der Waals surface area contributed by atoms with Crippen LogP contribution in [0.1, 0.15) is 0 Å². The van der Waals surface area contributed by atoms with Crippen LogP contribution in [0.4, 0.5) is 0 Å². The van der Waals surface area contributed by atoms with Crippen molar-refractivity contribution in [3.63, 3.8) is 0 Å². The van der Waals surface area contributed by atoms with E-state index in [1.807, 2.05) is 0 Å².